The molecule has 2 rings (SSSR count). The largest absolute Gasteiger partial charge is 0.321 e. The van der Waals surface area contributed by atoms with Crippen molar-refractivity contribution in [2.75, 3.05) is 11.9 Å². The molecule has 0 saturated heterocycles. The minimum atomic E-state index is -0.213. The molecule has 5 nitrogen and oxygen atoms in total. The zero-order valence-corrected chi connectivity index (χ0v) is 10.6. The first-order chi connectivity index (χ1) is 9.20. The van der Waals surface area contributed by atoms with Crippen LogP contribution in [0.2, 0.25) is 0 Å². The van der Waals surface area contributed by atoms with Gasteiger partial charge < -0.3 is 11.1 Å². The van der Waals surface area contributed by atoms with Crippen LogP contribution in [0.5, 0.6) is 0 Å². The number of hydrogen-bond donors (Lipinski definition) is 2. The molecule has 1 heterocycles. The average Bonchev–Trinajstić information content (AvgIpc) is 2.84. The summed E-state index contributed by atoms with van der Waals surface area (Å²) in [6.07, 6.45) is 3.17. The van der Waals surface area contributed by atoms with Crippen molar-refractivity contribution in [3.63, 3.8) is 0 Å². The van der Waals surface area contributed by atoms with E-state index in [2.05, 4.69) is 22.3 Å². The number of carbonyl (C=O) groups excluding carboxylic acids is 1. The molecule has 0 aliphatic rings. The van der Waals surface area contributed by atoms with E-state index in [1.165, 1.54) is 6.20 Å². The van der Waals surface area contributed by atoms with E-state index in [1.54, 1.807) is 24.0 Å². The number of rotatable bonds is 2. The number of nitrogens with one attached hydrogen (secondary N) is 1. The number of nitrogens with zero attached hydrogens (tertiary/aromatic N) is 2. The van der Waals surface area contributed by atoms with E-state index in [-0.39, 0.29) is 12.5 Å². The van der Waals surface area contributed by atoms with Gasteiger partial charge >= 0.3 is 0 Å². The van der Waals surface area contributed by atoms with Crippen molar-refractivity contribution >= 4 is 11.6 Å². The summed E-state index contributed by atoms with van der Waals surface area (Å²) < 4.78 is 1.58. The number of aromatic nitrogens is 2. The normalized spacial score (nSPS) is 9.58. The maximum atomic E-state index is 12.0. The van der Waals surface area contributed by atoms with Gasteiger partial charge in [-0.25, -0.2) is 0 Å². The van der Waals surface area contributed by atoms with Gasteiger partial charge in [-0.3, -0.25) is 9.48 Å². The number of benzene rings is 1. The first kappa shape index (κ1) is 12.9. The van der Waals surface area contributed by atoms with Gasteiger partial charge in [-0.05, 0) is 12.1 Å². The van der Waals surface area contributed by atoms with Crippen LogP contribution in [0, 0.1) is 11.8 Å². The number of amides is 1. The quantitative estimate of drug-likeness (QED) is 0.785. The van der Waals surface area contributed by atoms with E-state index in [1.807, 2.05) is 18.2 Å². The summed E-state index contributed by atoms with van der Waals surface area (Å²) in [6, 6.07) is 7.34. The van der Waals surface area contributed by atoms with E-state index < -0.39 is 0 Å². The third-order valence-electron chi connectivity index (χ3n) is 2.47. The maximum absolute atomic E-state index is 12.0. The van der Waals surface area contributed by atoms with Crippen LogP contribution in [0.15, 0.2) is 36.7 Å². The zero-order valence-electron chi connectivity index (χ0n) is 10.6. The minimum Gasteiger partial charge on any atom is -0.321 e. The van der Waals surface area contributed by atoms with Crippen LogP contribution in [0.4, 0.5) is 5.69 Å². The SMILES string of the molecule is Cn1cc(C(=O)Nc2ccccc2C#CCN)cn1. The van der Waals surface area contributed by atoms with Gasteiger partial charge in [0, 0.05) is 18.8 Å². The first-order valence-corrected chi connectivity index (χ1v) is 5.78. The lowest BCUT2D eigenvalue weighted by Gasteiger charge is -2.05. The second kappa shape index (κ2) is 5.85. The first-order valence-electron chi connectivity index (χ1n) is 5.78. The van der Waals surface area contributed by atoms with Gasteiger partial charge in [-0.2, -0.15) is 5.10 Å². The lowest BCUT2D eigenvalue weighted by atomic mass is 10.1. The van der Waals surface area contributed by atoms with Crippen LogP contribution in [0.3, 0.4) is 0 Å². The topological polar surface area (TPSA) is 72.9 Å². The molecule has 5 heteroatoms. The van der Waals surface area contributed by atoms with Crippen molar-refractivity contribution < 1.29 is 4.79 Å². The Labute approximate surface area is 111 Å². The fourth-order valence-electron chi connectivity index (χ4n) is 1.58. The summed E-state index contributed by atoms with van der Waals surface area (Å²) in [4.78, 5) is 12.0. The van der Waals surface area contributed by atoms with E-state index >= 15 is 0 Å². The van der Waals surface area contributed by atoms with Gasteiger partial charge in [0.25, 0.3) is 5.91 Å². The molecular formula is C14H14N4O. The predicted octanol–water partition coefficient (Wildman–Crippen LogP) is 0.983. The molecule has 0 atom stereocenters. The molecule has 0 bridgehead atoms. The summed E-state index contributed by atoms with van der Waals surface area (Å²) in [5, 5.41) is 6.78. The molecular weight excluding hydrogens is 240 g/mol. The Hall–Kier alpha value is -2.58. The van der Waals surface area contributed by atoms with Crippen molar-refractivity contribution in [1.82, 2.24) is 9.78 Å². The van der Waals surface area contributed by atoms with Gasteiger partial charge in [0.1, 0.15) is 0 Å². The van der Waals surface area contributed by atoms with Gasteiger partial charge in [0.05, 0.1) is 24.0 Å². The van der Waals surface area contributed by atoms with Gasteiger partial charge in [-0.15, -0.1) is 0 Å². The fourth-order valence-corrected chi connectivity index (χ4v) is 1.58. The lowest BCUT2D eigenvalue weighted by Crippen LogP contribution is -2.12. The third kappa shape index (κ3) is 3.21. The third-order valence-corrected chi connectivity index (χ3v) is 2.47. The van der Waals surface area contributed by atoms with Crippen LogP contribution >= 0.6 is 0 Å². The highest BCUT2D eigenvalue weighted by Gasteiger charge is 2.09. The smallest absolute Gasteiger partial charge is 0.258 e. The highest BCUT2D eigenvalue weighted by molar-refractivity contribution is 6.04. The molecule has 1 aromatic heterocycles. The molecule has 0 aliphatic heterocycles. The molecule has 0 aliphatic carbocycles. The van der Waals surface area contributed by atoms with Crippen molar-refractivity contribution in [3.05, 3.63) is 47.8 Å². The highest BCUT2D eigenvalue weighted by Crippen LogP contribution is 2.14. The number of carbonyl (C=O) groups is 1. The summed E-state index contributed by atoms with van der Waals surface area (Å²) in [7, 11) is 1.76. The van der Waals surface area contributed by atoms with Crippen molar-refractivity contribution in [3.8, 4) is 11.8 Å². The molecule has 19 heavy (non-hydrogen) atoms. The lowest BCUT2D eigenvalue weighted by molar-refractivity contribution is 0.102. The van der Waals surface area contributed by atoms with Crippen molar-refractivity contribution in [2.24, 2.45) is 12.8 Å². The predicted molar refractivity (Wildman–Crippen MR) is 73.5 cm³/mol. The van der Waals surface area contributed by atoms with Gasteiger partial charge in [-0.1, -0.05) is 24.0 Å². The second-order valence-electron chi connectivity index (χ2n) is 3.91. The molecule has 1 amide bonds. The number of hydrogen-bond acceptors (Lipinski definition) is 3. The van der Waals surface area contributed by atoms with Gasteiger partial charge in [0.15, 0.2) is 0 Å². The van der Waals surface area contributed by atoms with E-state index in [9.17, 15) is 4.79 Å². The average molecular weight is 254 g/mol. The Kier molecular flexibility index (Phi) is 3.96. The van der Waals surface area contributed by atoms with E-state index in [0.717, 1.165) is 5.56 Å². The van der Waals surface area contributed by atoms with Crippen LogP contribution < -0.4 is 11.1 Å². The summed E-state index contributed by atoms with van der Waals surface area (Å²) in [5.41, 5.74) is 7.26. The van der Waals surface area contributed by atoms with E-state index in [4.69, 9.17) is 5.73 Å². The molecule has 96 valence electrons. The second-order valence-corrected chi connectivity index (χ2v) is 3.91. The van der Waals surface area contributed by atoms with E-state index in [0.29, 0.717) is 11.3 Å². The molecule has 3 N–H and O–H groups in total. The molecule has 1 aromatic carbocycles. The van der Waals surface area contributed by atoms with Crippen molar-refractivity contribution in [1.29, 1.82) is 0 Å². The fraction of sp³-hybridized carbons (Fsp3) is 0.143. The summed E-state index contributed by atoms with van der Waals surface area (Å²) in [6.45, 7) is 0.283. The Morgan fingerprint density at radius 1 is 1.47 bits per heavy atom. The number of aryl methyl sites for hydroxylation is 1. The molecule has 2 aromatic rings. The minimum absolute atomic E-state index is 0.213. The molecule has 0 saturated carbocycles. The number of para-hydroxylation sites is 1. The summed E-state index contributed by atoms with van der Waals surface area (Å²) in [5.74, 6) is 5.48. The number of nitrogens with two attached hydrogens (primary N) is 1. The molecule has 0 unspecified atom stereocenters. The van der Waals surface area contributed by atoms with Gasteiger partial charge in [0.2, 0.25) is 0 Å². The Balaban J connectivity index is 2.21. The Morgan fingerprint density at radius 3 is 2.95 bits per heavy atom. The Bertz CT molecular complexity index is 649. The maximum Gasteiger partial charge on any atom is 0.258 e. The van der Waals surface area contributed by atoms with Crippen LogP contribution in [0.25, 0.3) is 0 Å². The highest BCUT2D eigenvalue weighted by atomic mass is 16.1. The molecule has 0 fully saturated rings. The standard InChI is InChI=1S/C14H14N4O/c1-18-10-12(9-16-18)14(19)17-13-7-3-2-5-11(13)6-4-8-15/h2-3,5,7,9-10H,8,15H2,1H3,(H,17,19). The van der Waals surface area contributed by atoms with Crippen LogP contribution in [-0.4, -0.2) is 22.2 Å². The zero-order chi connectivity index (χ0) is 13.7. The van der Waals surface area contributed by atoms with Crippen LogP contribution in [0.1, 0.15) is 15.9 Å². The molecule has 0 radical (unpaired) electrons. The summed E-state index contributed by atoms with van der Waals surface area (Å²) >= 11 is 0. The van der Waals surface area contributed by atoms with Crippen LogP contribution in [-0.2, 0) is 7.05 Å². The van der Waals surface area contributed by atoms with Crippen molar-refractivity contribution in [2.45, 2.75) is 0 Å². The molecule has 0 spiro atoms. The Morgan fingerprint density at radius 2 is 2.26 bits per heavy atom. The number of anilines is 1. The monoisotopic (exact) mass is 254 g/mol.